The van der Waals surface area contributed by atoms with Crippen molar-refractivity contribution in [3.63, 3.8) is 0 Å². The Labute approximate surface area is 151 Å². The summed E-state index contributed by atoms with van der Waals surface area (Å²) >= 11 is 2.90. The van der Waals surface area contributed by atoms with Crippen LogP contribution in [0.15, 0.2) is 0 Å². The van der Waals surface area contributed by atoms with Crippen LogP contribution in [0.2, 0.25) is 11.6 Å². The number of hydrogen-bond donors (Lipinski definition) is 0. The first-order chi connectivity index (χ1) is 10.2. The lowest BCUT2D eigenvalue weighted by Gasteiger charge is -2.65. The van der Waals surface area contributed by atoms with E-state index >= 15 is 0 Å². The third kappa shape index (κ3) is 1.94. The standard InChI is InChI=1S/C20H34BI/c1-11-15-7-13(19(15,3)4)9-17(11)21(22)18-10-14-8-16(12(18)2)20(14,5)6/h11-18H,7-10H2,1-6H3. The Morgan fingerprint density at radius 3 is 1.36 bits per heavy atom. The zero-order valence-corrected chi connectivity index (χ0v) is 17.6. The average molecular weight is 412 g/mol. The Balaban J connectivity index is 1.49. The van der Waals surface area contributed by atoms with E-state index in [0.717, 1.165) is 51.7 Å². The molecular weight excluding hydrogens is 378 g/mol. The molecule has 6 fully saturated rings. The monoisotopic (exact) mass is 412 g/mol. The maximum absolute atomic E-state index is 2.90. The van der Waals surface area contributed by atoms with Gasteiger partial charge in [-0.05, 0) is 70.8 Å². The number of fused-ring (bicyclic) bond motifs is 4. The van der Waals surface area contributed by atoms with Gasteiger partial charge in [0, 0.05) is 0 Å². The van der Waals surface area contributed by atoms with E-state index in [1.807, 2.05) is 0 Å². The van der Waals surface area contributed by atoms with Crippen molar-refractivity contribution in [1.82, 2.24) is 0 Å². The molecule has 0 aliphatic heterocycles. The molecular formula is C20H34BI. The van der Waals surface area contributed by atoms with E-state index in [1.54, 1.807) is 0 Å². The summed E-state index contributed by atoms with van der Waals surface area (Å²) in [6.07, 6.45) is 6.12. The highest BCUT2D eigenvalue weighted by Crippen LogP contribution is 2.70. The molecule has 0 amide bonds. The first-order valence-electron chi connectivity index (χ1n) is 9.79. The van der Waals surface area contributed by atoms with Crippen LogP contribution < -0.4 is 0 Å². The topological polar surface area (TPSA) is 0 Å². The van der Waals surface area contributed by atoms with Gasteiger partial charge in [-0.25, -0.2) is 0 Å². The molecule has 0 aromatic carbocycles. The molecule has 6 aliphatic rings. The van der Waals surface area contributed by atoms with Crippen LogP contribution in [-0.2, 0) is 0 Å². The molecule has 124 valence electrons. The molecule has 0 heterocycles. The molecule has 2 heteroatoms. The van der Waals surface area contributed by atoms with E-state index in [0.29, 0.717) is 10.8 Å². The van der Waals surface area contributed by atoms with Crippen molar-refractivity contribution in [2.45, 2.75) is 78.9 Å². The molecule has 0 aromatic heterocycles. The molecule has 6 rings (SSSR count). The van der Waals surface area contributed by atoms with Gasteiger partial charge in [0.25, 0.3) is 0 Å². The highest BCUT2D eigenvalue weighted by molar-refractivity contribution is 14.1. The molecule has 0 spiro atoms. The van der Waals surface area contributed by atoms with E-state index in [9.17, 15) is 0 Å². The summed E-state index contributed by atoms with van der Waals surface area (Å²) < 4.78 is 0.936. The summed E-state index contributed by atoms with van der Waals surface area (Å²) in [4.78, 5) is 0. The van der Waals surface area contributed by atoms with Crippen molar-refractivity contribution < 1.29 is 0 Å². The molecule has 0 aromatic rings. The largest absolute Gasteiger partial charge is 0.224 e. The highest BCUT2D eigenvalue weighted by Gasteiger charge is 2.61. The number of halogens is 1. The van der Waals surface area contributed by atoms with Crippen molar-refractivity contribution in [3.05, 3.63) is 0 Å². The molecule has 6 saturated carbocycles. The quantitative estimate of drug-likeness (QED) is 0.356. The summed E-state index contributed by atoms with van der Waals surface area (Å²) in [6.45, 7) is 15.4. The Morgan fingerprint density at radius 1 is 0.727 bits per heavy atom. The van der Waals surface area contributed by atoms with Gasteiger partial charge < -0.3 is 0 Å². The van der Waals surface area contributed by atoms with Crippen molar-refractivity contribution in [2.75, 3.05) is 0 Å². The van der Waals surface area contributed by atoms with Gasteiger partial charge in [-0.1, -0.05) is 54.4 Å². The second kappa shape index (κ2) is 4.91. The van der Waals surface area contributed by atoms with Crippen molar-refractivity contribution >= 4 is 26.9 Å². The van der Waals surface area contributed by atoms with Gasteiger partial charge in [-0.3, -0.25) is 0 Å². The van der Waals surface area contributed by atoms with Gasteiger partial charge in [0.15, 0.2) is 0 Å². The summed E-state index contributed by atoms with van der Waals surface area (Å²) in [5.74, 6) is 8.01. The lowest BCUT2D eigenvalue weighted by atomic mass is 9.31. The zero-order valence-electron chi connectivity index (χ0n) is 15.4. The first-order valence-corrected chi connectivity index (χ1v) is 11.0. The average Bonchev–Trinajstić information content (AvgIpc) is 2.45. The summed E-state index contributed by atoms with van der Waals surface area (Å²) in [5.41, 5.74) is 1.29. The lowest BCUT2D eigenvalue weighted by Crippen LogP contribution is -2.58. The van der Waals surface area contributed by atoms with Crippen LogP contribution in [0.5, 0.6) is 0 Å². The summed E-state index contributed by atoms with van der Waals surface area (Å²) in [7, 11) is 0. The molecule has 22 heavy (non-hydrogen) atoms. The first kappa shape index (κ1) is 16.3. The molecule has 4 bridgehead atoms. The number of hydrogen-bond acceptors (Lipinski definition) is 0. The summed E-state index contributed by atoms with van der Waals surface area (Å²) in [5, 5.41) is 0. The Morgan fingerprint density at radius 2 is 1.09 bits per heavy atom. The van der Waals surface area contributed by atoms with Crippen molar-refractivity contribution in [2.24, 2.45) is 46.3 Å². The number of rotatable bonds is 2. The van der Waals surface area contributed by atoms with Gasteiger partial charge in [0.2, 0.25) is 4.57 Å². The zero-order chi connectivity index (χ0) is 16.0. The Hall–Kier alpha value is 0.795. The molecule has 8 atom stereocenters. The molecule has 6 aliphatic carbocycles. The van der Waals surface area contributed by atoms with E-state index in [2.05, 4.69) is 63.9 Å². The predicted octanol–water partition coefficient (Wildman–Crippen LogP) is 6.56. The van der Waals surface area contributed by atoms with Gasteiger partial charge in [0.1, 0.15) is 0 Å². The van der Waals surface area contributed by atoms with Crippen LogP contribution in [0.1, 0.15) is 67.2 Å². The predicted molar refractivity (Wildman–Crippen MR) is 106 cm³/mol. The molecule has 8 unspecified atom stereocenters. The fraction of sp³-hybridized carbons (Fsp3) is 1.00. The third-order valence-corrected chi connectivity index (χ3v) is 11.5. The van der Waals surface area contributed by atoms with Crippen molar-refractivity contribution in [3.8, 4) is 0 Å². The molecule has 0 nitrogen and oxygen atoms in total. The minimum absolute atomic E-state index is 0.647. The van der Waals surface area contributed by atoms with Gasteiger partial charge >= 0.3 is 0 Å². The van der Waals surface area contributed by atoms with Crippen LogP contribution in [0.3, 0.4) is 0 Å². The smallest absolute Gasteiger partial charge is 0.149 e. The molecule has 0 radical (unpaired) electrons. The second-order valence-electron chi connectivity index (χ2n) is 10.7. The lowest BCUT2D eigenvalue weighted by molar-refractivity contribution is -0.106. The SMILES string of the molecule is CC1C(B(I)C2CC3CC(C2C)C3(C)C)CC2CC1C2(C)C. The van der Waals surface area contributed by atoms with Gasteiger partial charge in [-0.15, -0.1) is 22.4 Å². The van der Waals surface area contributed by atoms with Crippen LogP contribution in [0.25, 0.3) is 0 Å². The maximum Gasteiger partial charge on any atom is 0.224 e. The van der Waals surface area contributed by atoms with E-state index < -0.39 is 0 Å². The second-order valence-corrected chi connectivity index (χ2v) is 12.1. The van der Waals surface area contributed by atoms with Crippen LogP contribution >= 0.6 is 22.4 Å². The molecule has 0 N–H and O–H groups in total. The Kier molecular flexibility index (Phi) is 3.63. The fourth-order valence-electron chi connectivity index (χ4n) is 7.54. The van der Waals surface area contributed by atoms with E-state index in [1.165, 1.54) is 25.7 Å². The summed E-state index contributed by atoms with van der Waals surface area (Å²) in [6, 6.07) is 0. The van der Waals surface area contributed by atoms with E-state index in [4.69, 9.17) is 0 Å². The minimum Gasteiger partial charge on any atom is -0.149 e. The van der Waals surface area contributed by atoms with Crippen LogP contribution in [0.4, 0.5) is 0 Å². The van der Waals surface area contributed by atoms with Crippen molar-refractivity contribution in [1.29, 1.82) is 0 Å². The van der Waals surface area contributed by atoms with Crippen LogP contribution in [-0.4, -0.2) is 4.57 Å². The highest BCUT2D eigenvalue weighted by atomic mass is 127. The third-order valence-electron chi connectivity index (χ3n) is 9.64. The van der Waals surface area contributed by atoms with Gasteiger partial charge in [-0.2, -0.15) is 0 Å². The van der Waals surface area contributed by atoms with E-state index in [-0.39, 0.29) is 0 Å². The molecule has 0 saturated heterocycles. The van der Waals surface area contributed by atoms with Crippen LogP contribution in [0, 0.1) is 46.3 Å². The minimum atomic E-state index is 0.647. The Bertz CT molecular complexity index is 428. The van der Waals surface area contributed by atoms with Gasteiger partial charge in [0.05, 0.1) is 0 Å². The fourth-order valence-corrected chi connectivity index (χ4v) is 9.43. The maximum atomic E-state index is 2.90. The normalized spacial score (nSPS) is 54.1.